The Morgan fingerprint density at radius 2 is 1.95 bits per heavy atom. The smallest absolute Gasteiger partial charge is 0.0922 e. The lowest BCUT2D eigenvalue weighted by Gasteiger charge is -2.32. The topological polar surface area (TPSA) is 35.5 Å². The minimum Gasteiger partial charge on any atom is -0.387 e. The highest BCUT2D eigenvalue weighted by Crippen LogP contribution is 2.17. The number of thiophene rings is 1. The van der Waals surface area contributed by atoms with Gasteiger partial charge in [-0.15, -0.1) is 0 Å². The van der Waals surface area contributed by atoms with E-state index in [-0.39, 0.29) is 6.10 Å². The van der Waals surface area contributed by atoms with Gasteiger partial charge >= 0.3 is 0 Å². The van der Waals surface area contributed by atoms with Gasteiger partial charge in [-0.2, -0.15) is 11.3 Å². The molecule has 0 radical (unpaired) electrons. The first-order valence-electron chi connectivity index (χ1n) is 8.01. The molecule has 3 nitrogen and oxygen atoms in total. The Bertz CT molecular complexity index is 535. The zero-order valence-electron chi connectivity index (χ0n) is 12.8. The van der Waals surface area contributed by atoms with Crippen LogP contribution in [0.3, 0.4) is 0 Å². The van der Waals surface area contributed by atoms with Crippen molar-refractivity contribution in [1.82, 2.24) is 10.2 Å². The highest BCUT2D eigenvalue weighted by Gasteiger charge is 2.19. The van der Waals surface area contributed by atoms with E-state index in [0.29, 0.717) is 12.6 Å². The van der Waals surface area contributed by atoms with Crippen LogP contribution in [0.2, 0.25) is 0 Å². The lowest BCUT2D eigenvalue weighted by Crippen LogP contribution is -2.43. The molecule has 0 bridgehead atoms. The Labute approximate surface area is 136 Å². The highest BCUT2D eigenvalue weighted by molar-refractivity contribution is 7.07. The van der Waals surface area contributed by atoms with Gasteiger partial charge in [0.25, 0.3) is 0 Å². The van der Waals surface area contributed by atoms with E-state index in [4.69, 9.17) is 0 Å². The second-order valence-electron chi connectivity index (χ2n) is 6.02. The van der Waals surface area contributed by atoms with Crippen LogP contribution in [0.25, 0.3) is 0 Å². The monoisotopic (exact) mass is 316 g/mol. The summed E-state index contributed by atoms with van der Waals surface area (Å²) in [5.74, 6) is 0. The van der Waals surface area contributed by atoms with Crippen LogP contribution in [0.15, 0.2) is 47.2 Å². The summed E-state index contributed by atoms with van der Waals surface area (Å²) in [5.41, 5.74) is 2.42. The van der Waals surface area contributed by atoms with Gasteiger partial charge in [0.05, 0.1) is 6.10 Å². The molecule has 2 aromatic rings. The van der Waals surface area contributed by atoms with E-state index >= 15 is 0 Å². The van der Waals surface area contributed by atoms with Crippen molar-refractivity contribution in [2.24, 2.45) is 0 Å². The molecule has 1 aliphatic rings. The van der Waals surface area contributed by atoms with Crippen molar-refractivity contribution in [2.75, 3.05) is 19.6 Å². The molecule has 22 heavy (non-hydrogen) atoms. The van der Waals surface area contributed by atoms with E-state index in [1.54, 1.807) is 11.3 Å². The van der Waals surface area contributed by atoms with Crippen molar-refractivity contribution in [3.05, 3.63) is 58.3 Å². The molecule has 1 fully saturated rings. The summed E-state index contributed by atoms with van der Waals surface area (Å²) in [4.78, 5) is 2.52. The molecule has 1 unspecified atom stereocenters. The summed E-state index contributed by atoms with van der Waals surface area (Å²) in [7, 11) is 0. The normalized spacial score (nSPS) is 18.4. The second-order valence-corrected chi connectivity index (χ2v) is 6.80. The third kappa shape index (κ3) is 4.40. The van der Waals surface area contributed by atoms with E-state index < -0.39 is 0 Å². The largest absolute Gasteiger partial charge is 0.387 e. The Kier molecular flexibility index (Phi) is 5.62. The molecule has 1 atom stereocenters. The molecule has 2 N–H and O–H groups in total. The predicted octanol–water partition coefficient (Wildman–Crippen LogP) is 3.04. The highest BCUT2D eigenvalue weighted by atomic mass is 32.1. The second kappa shape index (κ2) is 7.88. The standard InChI is InChI=1S/C18H24N2OS/c21-18(16-8-11-22-14-16)12-19-17-6-9-20(10-7-17)13-15-4-2-1-3-5-15/h1-5,8,11,14,17-19,21H,6-7,9-10,12-13H2. The number of rotatable bonds is 6. The lowest BCUT2D eigenvalue weighted by atomic mass is 10.0. The Balaban J connectivity index is 1.38. The van der Waals surface area contributed by atoms with Crippen molar-refractivity contribution in [1.29, 1.82) is 0 Å². The van der Waals surface area contributed by atoms with E-state index in [0.717, 1.165) is 38.0 Å². The molecule has 1 aromatic carbocycles. The lowest BCUT2D eigenvalue weighted by molar-refractivity contribution is 0.149. The molecule has 4 heteroatoms. The van der Waals surface area contributed by atoms with Crippen LogP contribution in [0.1, 0.15) is 30.1 Å². The summed E-state index contributed by atoms with van der Waals surface area (Å²) in [6.07, 6.45) is 1.93. The number of aliphatic hydroxyl groups is 1. The average Bonchev–Trinajstić information content (AvgIpc) is 3.09. The molecule has 1 aliphatic heterocycles. The fourth-order valence-corrected chi connectivity index (χ4v) is 3.70. The van der Waals surface area contributed by atoms with Crippen molar-refractivity contribution in [3.63, 3.8) is 0 Å². The van der Waals surface area contributed by atoms with Crippen molar-refractivity contribution >= 4 is 11.3 Å². The number of hydrogen-bond acceptors (Lipinski definition) is 4. The summed E-state index contributed by atoms with van der Waals surface area (Å²) in [5, 5.41) is 17.7. The van der Waals surface area contributed by atoms with E-state index in [1.165, 1.54) is 5.56 Å². The number of likely N-dealkylation sites (tertiary alicyclic amines) is 1. The van der Waals surface area contributed by atoms with Crippen LogP contribution in [-0.2, 0) is 6.54 Å². The molecular formula is C18H24N2OS. The van der Waals surface area contributed by atoms with Gasteiger partial charge < -0.3 is 10.4 Å². The minimum absolute atomic E-state index is 0.381. The third-order valence-corrected chi connectivity index (χ3v) is 5.07. The van der Waals surface area contributed by atoms with Crippen LogP contribution in [0.4, 0.5) is 0 Å². The summed E-state index contributed by atoms with van der Waals surface area (Å²) in [6, 6.07) is 13.2. The SMILES string of the molecule is OC(CNC1CCN(Cc2ccccc2)CC1)c1ccsc1. The average molecular weight is 316 g/mol. The van der Waals surface area contributed by atoms with Crippen LogP contribution in [-0.4, -0.2) is 35.7 Å². The summed E-state index contributed by atoms with van der Waals surface area (Å²) >= 11 is 1.64. The maximum Gasteiger partial charge on any atom is 0.0922 e. The molecule has 0 aliphatic carbocycles. The maximum absolute atomic E-state index is 10.1. The van der Waals surface area contributed by atoms with Crippen LogP contribution < -0.4 is 5.32 Å². The number of nitrogens with zero attached hydrogens (tertiary/aromatic N) is 1. The number of nitrogens with one attached hydrogen (secondary N) is 1. The van der Waals surface area contributed by atoms with E-state index in [2.05, 4.69) is 40.5 Å². The number of hydrogen-bond donors (Lipinski definition) is 2. The zero-order chi connectivity index (χ0) is 15.2. The van der Waals surface area contributed by atoms with Crippen LogP contribution in [0, 0.1) is 0 Å². The predicted molar refractivity (Wildman–Crippen MR) is 92.0 cm³/mol. The minimum atomic E-state index is -0.381. The van der Waals surface area contributed by atoms with Crippen molar-refractivity contribution < 1.29 is 5.11 Å². The third-order valence-electron chi connectivity index (χ3n) is 4.36. The first kappa shape index (κ1) is 15.7. The zero-order valence-corrected chi connectivity index (χ0v) is 13.6. The van der Waals surface area contributed by atoms with Gasteiger partial charge in [-0.05, 0) is 53.9 Å². The molecule has 2 heterocycles. The Hall–Kier alpha value is -1.20. The molecule has 0 amide bonds. The fourth-order valence-electron chi connectivity index (χ4n) is 3.00. The first-order valence-corrected chi connectivity index (χ1v) is 8.95. The Morgan fingerprint density at radius 3 is 2.64 bits per heavy atom. The number of piperidine rings is 1. The maximum atomic E-state index is 10.1. The molecule has 0 saturated carbocycles. The molecule has 1 saturated heterocycles. The van der Waals surface area contributed by atoms with Gasteiger partial charge in [0, 0.05) is 19.1 Å². The van der Waals surface area contributed by atoms with Gasteiger partial charge in [-0.25, -0.2) is 0 Å². The molecule has 118 valence electrons. The molecular weight excluding hydrogens is 292 g/mol. The van der Waals surface area contributed by atoms with E-state index in [1.807, 2.05) is 16.8 Å². The van der Waals surface area contributed by atoms with Gasteiger partial charge in [0.1, 0.15) is 0 Å². The van der Waals surface area contributed by atoms with E-state index in [9.17, 15) is 5.11 Å². The van der Waals surface area contributed by atoms with Crippen LogP contribution >= 0.6 is 11.3 Å². The molecule has 1 aromatic heterocycles. The van der Waals surface area contributed by atoms with Crippen LogP contribution in [0.5, 0.6) is 0 Å². The molecule has 0 spiro atoms. The van der Waals surface area contributed by atoms with Crippen molar-refractivity contribution in [2.45, 2.75) is 31.5 Å². The number of benzene rings is 1. The van der Waals surface area contributed by atoms with Gasteiger partial charge in [-0.1, -0.05) is 30.3 Å². The molecule has 3 rings (SSSR count). The fraction of sp³-hybridized carbons (Fsp3) is 0.444. The summed E-state index contributed by atoms with van der Waals surface area (Å²) in [6.45, 7) is 3.95. The first-order chi connectivity index (χ1) is 10.8. The number of aliphatic hydroxyl groups excluding tert-OH is 1. The van der Waals surface area contributed by atoms with Crippen molar-refractivity contribution in [3.8, 4) is 0 Å². The van der Waals surface area contributed by atoms with Gasteiger partial charge in [0.15, 0.2) is 0 Å². The summed E-state index contributed by atoms with van der Waals surface area (Å²) < 4.78 is 0. The van der Waals surface area contributed by atoms with Gasteiger partial charge in [-0.3, -0.25) is 4.90 Å². The Morgan fingerprint density at radius 1 is 1.18 bits per heavy atom. The quantitative estimate of drug-likeness (QED) is 0.860. The van der Waals surface area contributed by atoms with Gasteiger partial charge in [0.2, 0.25) is 0 Å².